The lowest BCUT2D eigenvalue weighted by atomic mass is 10.1. The number of halogens is 2. The fourth-order valence-electron chi connectivity index (χ4n) is 1.75. The molecule has 0 spiro atoms. The maximum Gasteiger partial charge on any atom is 0.180 e. The summed E-state index contributed by atoms with van der Waals surface area (Å²) in [4.78, 5) is 0. The maximum absolute atomic E-state index is 6.19. The second-order valence-electron chi connectivity index (χ2n) is 4.58. The van der Waals surface area contributed by atoms with Crippen molar-refractivity contribution in [2.24, 2.45) is 15.9 Å². The van der Waals surface area contributed by atoms with Crippen LogP contribution in [0.4, 0.5) is 0 Å². The molecule has 2 N–H and O–H groups in total. The van der Waals surface area contributed by atoms with Crippen LogP contribution in [0.15, 0.2) is 52.7 Å². The lowest BCUT2D eigenvalue weighted by Crippen LogP contribution is -2.06. The summed E-state index contributed by atoms with van der Waals surface area (Å²) >= 11 is 13.6. The van der Waals surface area contributed by atoms with Crippen molar-refractivity contribution in [3.05, 3.63) is 69.2 Å². The van der Waals surface area contributed by atoms with Gasteiger partial charge in [0.2, 0.25) is 0 Å². The highest BCUT2D eigenvalue weighted by Gasteiger charge is 2.03. The Morgan fingerprint density at radius 3 is 2.68 bits per heavy atom. The van der Waals surface area contributed by atoms with Crippen LogP contribution in [0.1, 0.15) is 16.7 Å². The summed E-state index contributed by atoms with van der Waals surface area (Å²) in [5.41, 5.74) is 8.62. The van der Waals surface area contributed by atoms with Crippen LogP contribution < -0.4 is 5.73 Å². The summed E-state index contributed by atoms with van der Waals surface area (Å²) in [6, 6.07) is 13.6. The molecular weight excluding hydrogens is 337 g/mol. The van der Waals surface area contributed by atoms with E-state index in [1.807, 2.05) is 37.3 Å². The minimum atomic E-state index is 0.398. The van der Waals surface area contributed by atoms with Gasteiger partial charge in [-0.2, -0.15) is 5.10 Å². The highest BCUT2D eigenvalue weighted by Crippen LogP contribution is 2.24. The molecular formula is C16H15Cl2N3S. The average Bonchev–Trinajstić information content (AvgIpc) is 2.51. The van der Waals surface area contributed by atoms with Crippen molar-refractivity contribution in [2.45, 2.75) is 12.7 Å². The van der Waals surface area contributed by atoms with Crippen LogP contribution >= 0.6 is 35.0 Å². The van der Waals surface area contributed by atoms with Crippen LogP contribution in [0.2, 0.25) is 10.0 Å². The number of amidine groups is 1. The Bertz CT molecular complexity index is 700. The number of rotatable bonds is 4. The van der Waals surface area contributed by atoms with E-state index >= 15 is 0 Å². The van der Waals surface area contributed by atoms with E-state index in [2.05, 4.69) is 10.2 Å². The summed E-state index contributed by atoms with van der Waals surface area (Å²) < 4.78 is 0. The van der Waals surface area contributed by atoms with Crippen LogP contribution in [-0.4, -0.2) is 11.4 Å². The number of benzene rings is 2. The van der Waals surface area contributed by atoms with Gasteiger partial charge in [0.15, 0.2) is 5.17 Å². The van der Waals surface area contributed by atoms with Gasteiger partial charge in [-0.3, -0.25) is 0 Å². The predicted molar refractivity (Wildman–Crippen MR) is 98.2 cm³/mol. The van der Waals surface area contributed by atoms with Gasteiger partial charge in [-0.05, 0) is 30.2 Å². The first kappa shape index (κ1) is 16.9. The van der Waals surface area contributed by atoms with E-state index in [4.69, 9.17) is 28.9 Å². The third-order valence-corrected chi connectivity index (χ3v) is 4.42. The van der Waals surface area contributed by atoms with Gasteiger partial charge in [-0.15, -0.1) is 5.10 Å². The Kier molecular flexibility index (Phi) is 6.31. The first-order chi connectivity index (χ1) is 10.6. The molecule has 0 radical (unpaired) electrons. The molecule has 0 aliphatic heterocycles. The first-order valence-electron chi connectivity index (χ1n) is 6.55. The van der Waals surface area contributed by atoms with Crippen molar-refractivity contribution in [1.82, 2.24) is 0 Å². The van der Waals surface area contributed by atoms with Crippen molar-refractivity contribution >= 4 is 46.3 Å². The minimum Gasteiger partial charge on any atom is -0.377 e. The van der Waals surface area contributed by atoms with Gasteiger partial charge in [-0.1, -0.05) is 65.3 Å². The van der Waals surface area contributed by atoms with Gasteiger partial charge in [0, 0.05) is 16.3 Å². The summed E-state index contributed by atoms with van der Waals surface area (Å²) in [5, 5.41) is 9.55. The third kappa shape index (κ3) is 5.05. The molecule has 0 heterocycles. The molecule has 0 unspecified atom stereocenters. The van der Waals surface area contributed by atoms with E-state index in [0.717, 1.165) is 16.9 Å². The second kappa shape index (κ2) is 8.22. The summed E-state index contributed by atoms with van der Waals surface area (Å²) in [6.45, 7) is 1.89. The zero-order valence-corrected chi connectivity index (χ0v) is 14.3. The maximum atomic E-state index is 6.19. The van der Waals surface area contributed by atoms with Crippen LogP contribution in [0, 0.1) is 6.92 Å². The average molecular weight is 352 g/mol. The van der Waals surface area contributed by atoms with Crippen molar-refractivity contribution in [3.63, 3.8) is 0 Å². The van der Waals surface area contributed by atoms with Gasteiger partial charge >= 0.3 is 0 Å². The molecule has 0 saturated heterocycles. The molecule has 0 aliphatic rings. The molecule has 3 nitrogen and oxygen atoms in total. The number of nitrogens with two attached hydrogens (primary N) is 1. The minimum absolute atomic E-state index is 0.398. The van der Waals surface area contributed by atoms with Crippen molar-refractivity contribution in [3.8, 4) is 0 Å². The first-order valence-corrected chi connectivity index (χ1v) is 8.29. The lowest BCUT2D eigenvalue weighted by Gasteiger charge is -2.02. The number of aryl methyl sites for hydroxylation is 1. The predicted octanol–water partition coefficient (Wildman–Crippen LogP) is 4.88. The van der Waals surface area contributed by atoms with E-state index in [-0.39, 0.29) is 0 Å². The Hall–Kier alpha value is -1.49. The zero-order chi connectivity index (χ0) is 15.9. The normalized spacial score (nSPS) is 12.0. The second-order valence-corrected chi connectivity index (χ2v) is 6.39. The van der Waals surface area contributed by atoms with Crippen molar-refractivity contribution < 1.29 is 0 Å². The zero-order valence-electron chi connectivity index (χ0n) is 12.0. The van der Waals surface area contributed by atoms with Gasteiger partial charge in [0.05, 0.1) is 11.2 Å². The largest absolute Gasteiger partial charge is 0.377 e. The number of hydrogen-bond acceptors (Lipinski definition) is 3. The molecule has 114 valence electrons. The number of hydrogen-bond donors (Lipinski definition) is 1. The molecule has 22 heavy (non-hydrogen) atoms. The van der Waals surface area contributed by atoms with Gasteiger partial charge in [-0.25, -0.2) is 0 Å². The van der Waals surface area contributed by atoms with Gasteiger partial charge in [0.25, 0.3) is 0 Å². The quantitative estimate of drug-likeness (QED) is 0.484. The summed E-state index contributed by atoms with van der Waals surface area (Å²) in [6.07, 6.45) is 1.55. The van der Waals surface area contributed by atoms with Crippen molar-refractivity contribution in [1.29, 1.82) is 0 Å². The van der Waals surface area contributed by atoms with E-state index < -0.39 is 0 Å². The van der Waals surface area contributed by atoms with Crippen molar-refractivity contribution in [2.75, 3.05) is 0 Å². The molecule has 2 rings (SSSR count). The molecule has 0 saturated carbocycles. The fourth-order valence-corrected chi connectivity index (χ4v) is 2.80. The lowest BCUT2D eigenvalue weighted by molar-refractivity contribution is 1.25. The summed E-state index contributed by atoms with van der Waals surface area (Å²) in [7, 11) is 0. The Balaban J connectivity index is 1.98. The molecule has 0 aromatic heterocycles. The molecule has 0 atom stereocenters. The molecule has 0 bridgehead atoms. The van der Waals surface area contributed by atoms with E-state index in [9.17, 15) is 0 Å². The molecule has 6 heteroatoms. The highest BCUT2D eigenvalue weighted by atomic mass is 35.5. The molecule has 0 aliphatic carbocycles. The number of thioether (sulfide) groups is 1. The fraction of sp³-hybridized carbons (Fsp3) is 0.125. The van der Waals surface area contributed by atoms with Crippen LogP contribution in [-0.2, 0) is 5.75 Å². The van der Waals surface area contributed by atoms with Crippen LogP contribution in [0.5, 0.6) is 0 Å². The summed E-state index contributed by atoms with van der Waals surface area (Å²) in [5.74, 6) is 0.753. The standard InChI is InChI=1S/C16H15Cl2N3S/c1-11-7-14(17)8-13(15(11)18)9-20-21-16(19)22-10-12-5-3-2-4-6-12/h2-9H,10H2,1H3,(H2,19,21). The van der Waals surface area contributed by atoms with E-state index in [1.54, 1.807) is 18.3 Å². The highest BCUT2D eigenvalue weighted by molar-refractivity contribution is 8.13. The molecule has 0 amide bonds. The third-order valence-electron chi connectivity index (χ3n) is 2.83. The molecule has 2 aromatic rings. The van der Waals surface area contributed by atoms with Crippen LogP contribution in [0.3, 0.4) is 0 Å². The van der Waals surface area contributed by atoms with Crippen LogP contribution in [0.25, 0.3) is 0 Å². The SMILES string of the molecule is Cc1cc(Cl)cc(C=NN=C(N)SCc2ccccc2)c1Cl. The molecule has 0 fully saturated rings. The van der Waals surface area contributed by atoms with Gasteiger partial charge in [0.1, 0.15) is 0 Å². The monoisotopic (exact) mass is 351 g/mol. The van der Waals surface area contributed by atoms with Gasteiger partial charge < -0.3 is 5.73 Å². The van der Waals surface area contributed by atoms with E-state index in [1.165, 1.54) is 17.3 Å². The smallest absolute Gasteiger partial charge is 0.180 e. The Labute approximate surface area is 144 Å². The Morgan fingerprint density at radius 1 is 1.23 bits per heavy atom. The number of nitrogens with zero attached hydrogens (tertiary/aromatic N) is 2. The topological polar surface area (TPSA) is 50.7 Å². The van der Waals surface area contributed by atoms with E-state index in [0.29, 0.717) is 15.2 Å². The Morgan fingerprint density at radius 2 is 1.95 bits per heavy atom. The molecule has 2 aromatic carbocycles.